The number of carbonyl (C=O) groups is 1. The number of nitrogens with zero attached hydrogens (tertiary/aromatic N) is 2. The van der Waals surface area contributed by atoms with E-state index >= 15 is 0 Å². The highest BCUT2D eigenvalue weighted by Crippen LogP contribution is 2.30. The van der Waals surface area contributed by atoms with Crippen LogP contribution in [0.2, 0.25) is 0 Å². The van der Waals surface area contributed by atoms with E-state index < -0.39 is 6.04 Å². The molecule has 102 valence electrons. The second-order valence-corrected chi connectivity index (χ2v) is 5.27. The maximum atomic E-state index is 12.7. The molecule has 0 bridgehead atoms. The summed E-state index contributed by atoms with van der Waals surface area (Å²) in [7, 11) is 0. The van der Waals surface area contributed by atoms with Crippen LogP contribution in [-0.4, -0.2) is 36.5 Å². The lowest BCUT2D eigenvalue weighted by Crippen LogP contribution is -2.41. The molecule has 2 aliphatic heterocycles. The Morgan fingerprint density at radius 3 is 2.85 bits per heavy atom. The van der Waals surface area contributed by atoms with Crippen molar-refractivity contribution < 1.29 is 4.79 Å². The fourth-order valence-corrected chi connectivity index (χ4v) is 3.06. The molecule has 0 aromatic heterocycles. The van der Waals surface area contributed by atoms with E-state index in [0.717, 1.165) is 6.54 Å². The Labute approximate surface area is 118 Å². The minimum absolute atomic E-state index is 0.0758. The zero-order chi connectivity index (χ0) is 13.9. The number of benzene rings is 1. The molecule has 0 aliphatic carbocycles. The van der Waals surface area contributed by atoms with E-state index in [0.29, 0.717) is 13.1 Å². The SMILES string of the molecule is N#CC1C=CCN1C(=O)C1CNCC1c1ccccc1. The van der Waals surface area contributed by atoms with Crippen molar-refractivity contribution in [3.05, 3.63) is 48.0 Å². The topological polar surface area (TPSA) is 56.1 Å². The molecule has 0 spiro atoms. The van der Waals surface area contributed by atoms with Crippen LogP contribution in [0.5, 0.6) is 0 Å². The monoisotopic (exact) mass is 267 g/mol. The van der Waals surface area contributed by atoms with Gasteiger partial charge in [-0.15, -0.1) is 0 Å². The van der Waals surface area contributed by atoms with Crippen molar-refractivity contribution in [2.75, 3.05) is 19.6 Å². The number of nitriles is 1. The third-order valence-corrected chi connectivity index (χ3v) is 4.13. The highest BCUT2D eigenvalue weighted by Gasteiger charge is 2.38. The molecule has 3 unspecified atom stereocenters. The molecule has 1 amide bonds. The molecule has 4 nitrogen and oxygen atoms in total. The van der Waals surface area contributed by atoms with Gasteiger partial charge in [0.15, 0.2) is 0 Å². The van der Waals surface area contributed by atoms with E-state index in [4.69, 9.17) is 5.26 Å². The maximum Gasteiger partial charge on any atom is 0.229 e. The Kier molecular flexibility index (Phi) is 3.53. The second kappa shape index (κ2) is 5.48. The van der Waals surface area contributed by atoms with Gasteiger partial charge in [-0.2, -0.15) is 5.26 Å². The van der Waals surface area contributed by atoms with Gasteiger partial charge in [0, 0.05) is 25.6 Å². The maximum absolute atomic E-state index is 12.7. The average Bonchev–Trinajstić information content (AvgIpc) is 3.16. The number of hydrogen-bond acceptors (Lipinski definition) is 3. The zero-order valence-corrected chi connectivity index (χ0v) is 11.2. The second-order valence-electron chi connectivity index (χ2n) is 5.27. The van der Waals surface area contributed by atoms with E-state index in [1.165, 1.54) is 5.56 Å². The van der Waals surface area contributed by atoms with Crippen molar-refractivity contribution >= 4 is 5.91 Å². The largest absolute Gasteiger partial charge is 0.319 e. The summed E-state index contributed by atoms with van der Waals surface area (Å²) < 4.78 is 0. The van der Waals surface area contributed by atoms with Gasteiger partial charge in [0.05, 0.1) is 12.0 Å². The normalized spacial score (nSPS) is 28.6. The molecule has 3 atom stereocenters. The predicted octanol–water partition coefficient (Wildman–Crippen LogP) is 1.28. The molecular weight excluding hydrogens is 250 g/mol. The van der Waals surface area contributed by atoms with Crippen LogP contribution in [0, 0.1) is 17.2 Å². The van der Waals surface area contributed by atoms with Gasteiger partial charge >= 0.3 is 0 Å². The Morgan fingerprint density at radius 1 is 1.30 bits per heavy atom. The smallest absolute Gasteiger partial charge is 0.229 e. The summed E-state index contributed by atoms with van der Waals surface area (Å²) in [6.07, 6.45) is 3.70. The van der Waals surface area contributed by atoms with Crippen LogP contribution in [0.15, 0.2) is 42.5 Å². The van der Waals surface area contributed by atoms with Gasteiger partial charge < -0.3 is 10.2 Å². The molecule has 0 radical (unpaired) electrons. The van der Waals surface area contributed by atoms with Crippen molar-refractivity contribution in [1.82, 2.24) is 10.2 Å². The van der Waals surface area contributed by atoms with E-state index in [1.54, 1.807) is 11.0 Å². The Bertz CT molecular complexity index is 561. The van der Waals surface area contributed by atoms with Crippen molar-refractivity contribution in [2.45, 2.75) is 12.0 Å². The number of carbonyl (C=O) groups excluding carboxylic acids is 1. The first-order valence-corrected chi connectivity index (χ1v) is 6.93. The first-order valence-electron chi connectivity index (χ1n) is 6.93. The van der Waals surface area contributed by atoms with Crippen molar-refractivity contribution in [3.8, 4) is 6.07 Å². The third-order valence-electron chi connectivity index (χ3n) is 4.13. The van der Waals surface area contributed by atoms with E-state index in [-0.39, 0.29) is 17.7 Å². The number of amides is 1. The van der Waals surface area contributed by atoms with Crippen LogP contribution < -0.4 is 5.32 Å². The lowest BCUT2D eigenvalue weighted by atomic mass is 9.88. The third kappa shape index (κ3) is 2.21. The van der Waals surface area contributed by atoms with E-state index in [1.807, 2.05) is 24.3 Å². The first kappa shape index (κ1) is 12.9. The van der Waals surface area contributed by atoms with Gasteiger partial charge in [-0.25, -0.2) is 0 Å². The fraction of sp³-hybridized carbons (Fsp3) is 0.375. The van der Waals surface area contributed by atoms with Gasteiger partial charge in [0.1, 0.15) is 6.04 Å². The summed E-state index contributed by atoms with van der Waals surface area (Å²) in [6, 6.07) is 11.9. The van der Waals surface area contributed by atoms with Gasteiger partial charge in [-0.05, 0) is 11.6 Å². The van der Waals surface area contributed by atoms with E-state index in [9.17, 15) is 4.79 Å². The van der Waals surface area contributed by atoms with Crippen molar-refractivity contribution in [2.24, 2.45) is 5.92 Å². The van der Waals surface area contributed by atoms with Crippen molar-refractivity contribution in [3.63, 3.8) is 0 Å². The lowest BCUT2D eigenvalue weighted by Gasteiger charge is -2.26. The predicted molar refractivity (Wildman–Crippen MR) is 75.8 cm³/mol. The summed E-state index contributed by atoms with van der Waals surface area (Å²) >= 11 is 0. The van der Waals surface area contributed by atoms with E-state index in [2.05, 4.69) is 23.5 Å². The first-order chi connectivity index (χ1) is 9.81. The molecule has 0 saturated carbocycles. The van der Waals surface area contributed by atoms with Crippen LogP contribution in [0.4, 0.5) is 0 Å². The quantitative estimate of drug-likeness (QED) is 0.821. The highest BCUT2D eigenvalue weighted by atomic mass is 16.2. The number of hydrogen-bond donors (Lipinski definition) is 1. The number of nitrogens with one attached hydrogen (secondary N) is 1. The molecule has 1 fully saturated rings. The Hall–Kier alpha value is -2.12. The molecule has 1 saturated heterocycles. The van der Waals surface area contributed by atoms with Gasteiger partial charge in [0.2, 0.25) is 5.91 Å². The summed E-state index contributed by atoms with van der Waals surface area (Å²) in [5, 5.41) is 12.4. The summed E-state index contributed by atoms with van der Waals surface area (Å²) in [5.41, 5.74) is 1.19. The summed E-state index contributed by atoms with van der Waals surface area (Å²) in [6.45, 7) is 2.06. The van der Waals surface area contributed by atoms with Crippen LogP contribution in [0.3, 0.4) is 0 Å². The molecule has 20 heavy (non-hydrogen) atoms. The molecule has 1 aromatic rings. The number of rotatable bonds is 2. The minimum Gasteiger partial charge on any atom is -0.319 e. The molecule has 4 heteroatoms. The average molecular weight is 267 g/mol. The van der Waals surface area contributed by atoms with Crippen LogP contribution in [0.25, 0.3) is 0 Å². The lowest BCUT2D eigenvalue weighted by molar-refractivity contribution is -0.134. The van der Waals surface area contributed by atoms with Crippen LogP contribution in [0.1, 0.15) is 11.5 Å². The fourth-order valence-electron chi connectivity index (χ4n) is 3.06. The summed E-state index contributed by atoms with van der Waals surface area (Å²) in [4.78, 5) is 14.4. The standard InChI is InChI=1S/C16H17N3O/c17-9-13-7-4-8-19(13)16(20)15-11-18-10-14(15)12-5-2-1-3-6-12/h1-7,13-15,18H,8,10-11H2. The van der Waals surface area contributed by atoms with Crippen molar-refractivity contribution in [1.29, 1.82) is 5.26 Å². The van der Waals surface area contributed by atoms with Gasteiger partial charge in [0.25, 0.3) is 0 Å². The molecule has 2 aliphatic rings. The highest BCUT2D eigenvalue weighted by molar-refractivity contribution is 5.82. The van der Waals surface area contributed by atoms with Crippen LogP contribution in [-0.2, 0) is 4.79 Å². The Balaban J connectivity index is 1.79. The molecular formula is C16H17N3O. The molecule has 1 aromatic carbocycles. The molecule has 3 rings (SSSR count). The zero-order valence-electron chi connectivity index (χ0n) is 11.2. The Morgan fingerprint density at radius 2 is 2.10 bits per heavy atom. The van der Waals surface area contributed by atoms with Gasteiger partial charge in [-0.3, -0.25) is 4.79 Å². The molecule has 1 N–H and O–H groups in total. The van der Waals surface area contributed by atoms with Gasteiger partial charge in [-0.1, -0.05) is 36.4 Å². The molecule has 2 heterocycles. The summed E-state index contributed by atoms with van der Waals surface area (Å²) in [5.74, 6) is 0.206. The van der Waals surface area contributed by atoms with Crippen LogP contribution >= 0.6 is 0 Å². The minimum atomic E-state index is -0.403.